The van der Waals surface area contributed by atoms with Crippen LogP contribution in [-0.4, -0.2) is 27.7 Å². The lowest BCUT2D eigenvalue weighted by Gasteiger charge is -2.34. The lowest BCUT2D eigenvalue weighted by molar-refractivity contribution is -0.121. The van der Waals surface area contributed by atoms with Gasteiger partial charge in [0.15, 0.2) is 0 Å². The third-order valence-electron chi connectivity index (χ3n) is 5.84. The molecule has 2 heterocycles. The Bertz CT molecular complexity index is 1210. The summed E-state index contributed by atoms with van der Waals surface area (Å²) in [6.07, 6.45) is 1.29. The minimum Gasteiger partial charge on any atom is -0.313 e. The van der Waals surface area contributed by atoms with Gasteiger partial charge in [-0.3, -0.25) is 4.79 Å². The first kappa shape index (κ1) is 17.6. The molecule has 5 nitrogen and oxygen atoms in total. The highest BCUT2D eigenvalue weighted by Crippen LogP contribution is 2.37. The van der Waals surface area contributed by atoms with Crippen LogP contribution in [0.15, 0.2) is 66.7 Å². The predicted octanol–water partition coefficient (Wildman–Crippen LogP) is 4.09. The molecule has 0 N–H and O–H groups in total. The van der Waals surface area contributed by atoms with Crippen LogP contribution in [0.4, 0.5) is 5.69 Å². The summed E-state index contributed by atoms with van der Waals surface area (Å²) < 4.78 is 2.02. The number of rotatable bonds is 3. The molecule has 3 aromatic carbocycles. The number of likely N-dealkylation sites (N-methyl/N-ethyl adjacent to an activating group) is 1. The number of amides is 1. The zero-order chi connectivity index (χ0) is 20.0. The molecule has 1 aliphatic rings. The van der Waals surface area contributed by atoms with Crippen LogP contribution in [0.2, 0.25) is 0 Å². The highest BCUT2D eigenvalue weighted by atomic mass is 16.2. The van der Waals surface area contributed by atoms with Gasteiger partial charge in [-0.1, -0.05) is 60.7 Å². The van der Waals surface area contributed by atoms with E-state index in [-0.39, 0.29) is 11.9 Å². The van der Waals surface area contributed by atoms with Crippen molar-refractivity contribution in [3.05, 3.63) is 89.5 Å². The molecule has 5 rings (SSSR count). The lowest BCUT2D eigenvalue weighted by atomic mass is 9.92. The van der Waals surface area contributed by atoms with Gasteiger partial charge in [0.05, 0.1) is 0 Å². The van der Waals surface area contributed by atoms with Gasteiger partial charge in [-0.25, -0.2) is 0 Å². The Labute approximate surface area is 169 Å². The molecular weight excluding hydrogens is 360 g/mol. The highest BCUT2D eigenvalue weighted by molar-refractivity contribution is 6.03. The normalized spacial score (nSPS) is 16.3. The molecule has 0 saturated carbocycles. The van der Waals surface area contributed by atoms with Gasteiger partial charge in [-0.15, -0.1) is 10.2 Å². The first-order valence-electron chi connectivity index (χ1n) is 9.86. The monoisotopic (exact) mass is 382 g/mol. The van der Waals surface area contributed by atoms with Gasteiger partial charge in [0, 0.05) is 25.6 Å². The molecule has 0 radical (unpaired) electrons. The molecule has 144 valence electrons. The standard InChI is InChI=1S/C24H22N4O/c1-16-25-26-23(14-17-8-4-3-5-9-17)28(16)22-15-20-19-11-7-6-10-18(19)12-13-21(20)27(2)24(22)29/h3-13,22H,14-15H2,1-2H3. The molecule has 1 aromatic heterocycles. The van der Waals surface area contributed by atoms with Crippen LogP contribution in [0, 0.1) is 6.92 Å². The number of fused-ring (bicyclic) bond motifs is 3. The molecule has 0 saturated heterocycles. The number of hydrogen-bond acceptors (Lipinski definition) is 3. The van der Waals surface area contributed by atoms with Gasteiger partial charge in [0.25, 0.3) is 0 Å². The van der Waals surface area contributed by atoms with Crippen LogP contribution in [0.25, 0.3) is 10.8 Å². The Balaban J connectivity index is 1.61. The lowest BCUT2D eigenvalue weighted by Crippen LogP contribution is -2.40. The molecule has 0 spiro atoms. The number of anilines is 1. The Kier molecular flexibility index (Phi) is 4.16. The summed E-state index contributed by atoms with van der Waals surface area (Å²) in [5.74, 6) is 1.67. The number of carbonyl (C=O) groups excluding carboxylic acids is 1. The van der Waals surface area contributed by atoms with Crippen molar-refractivity contribution < 1.29 is 4.79 Å². The van der Waals surface area contributed by atoms with Crippen molar-refractivity contribution in [1.29, 1.82) is 0 Å². The average molecular weight is 382 g/mol. The SMILES string of the molecule is Cc1nnc(Cc2ccccc2)n1C1Cc2c(ccc3ccccc23)N(C)C1=O. The molecule has 5 heteroatoms. The van der Waals surface area contributed by atoms with Crippen molar-refractivity contribution >= 4 is 22.4 Å². The summed E-state index contributed by atoms with van der Waals surface area (Å²) in [4.78, 5) is 15.1. The summed E-state index contributed by atoms with van der Waals surface area (Å²) in [5, 5.41) is 11.1. The summed E-state index contributed by atoms with van der Waals surface area (Å²) >= 11 is 0. The molecule has 1 atom stereocenters. The zero-order valence-corrected chi connectivity index (χ0v) is 16.5. The number of carbonyl (C=O) groups is 1. The Morgan fingerprint density at radius 2 is 1.72 bits per heavy atom. The quantitative estimate of drug-likeness (QED) is 0.536. The van der Waals surface area contributed by atoms with Gasteiger partial charge < -0.3 is 9.47 Å². The molecule has 1 amide bonds. The first-order valence-corrected chi connectivity index (χ1v) is 9.86. The third-order valence-corrected chi connectivity index (χ3v) is 5.84. The van der Waals surface area contributed by atoms with Gasteiger partial charge in [0.1, 0.15) is 17.7 Å². The summed E-state index contributed by atoms with van der Waals surface area (Å²) in [5.41, 5.74) is 3.35. The van der Waals surface area contributed by atoms with Gasteiger partial charge in [-0.05, 0) is 34.9 Å². The first-order chi connectivity index (χ1) is 14.1. The van der Waals surface area contributed by atoms with Gasteiger partial charge in [-0.2, -0.15) is 0 Å². The van der Waals surface area contributed by atoms with E-state index in [4.69, 9.17) is 0 Å². The molecule has 0 bridgehead atoms. The average Bonchev–Trinajstić information content (AvgIpc) is 3.11. The van der Waals surface area contributed by atoms with Crippen molar-refractivity contribution in [2.45, 2.75) is 25.8 Å². The second-order valence-electron chi connectivity index (χ2n) is 7.60. The zero-order valence-electron chi connectivity index (χ0n) is 16.5. The molecule has 4 aromatic rings. The number of benzene rings is 3. The topological polar surface area (TPSA) is 51.0 Å². The molecule has 0 aliphatic carbocycles. The van der Waals surface area contributed by atoms with Crippen molar-refractivity contribution in [3.63, 3.8) is 0 Å². The second-order valence-corrected chi connectivity index (χ2v) is 7.60. The number of hydrogen-bond donors (Lipinski definition) is 0. The van der Waals surface area contributed by atoms with Crippen LogP contribution in [0.5, 0.6) is 0 Å². The van der Waals surface area contributed by atoms with Crippen LogP contribution in [-0.2, 0) is 17.6 Å². The molecule has 29 heavy (non-hydrogen) atoms. The Hall–Kier alpha value is -3.47. The molecule has 1 aliphatic heterocycles. The fourth-order valence-electron chi connectivity index (χ4n) is 4.40. The third kappa shape index (κ3) is 2.90. The summed E-state index contributed by atoms with van der Waals surface area (Å²) in [6, 6.07) is 22.3. The van der Waals surface area contributed by atoms with Crippen molar-refractivity contribution in [2.24, 2.45) is 0 Å². The van der Waals surface area contributed by atoms with E-state index in [1.54, 1.807) is 4.90 Å². The van der Waals surface area contributed by atoms with E-state index in [0.717, 1.165) is 22.9 Å². The van der Waals surface area contributed by atoms with E-state index in [9.17, 15) is 4.79 Å². The van der Waals surface area contributed by atoms with E-state index in [1.807, 2.05) is 42.8 Å². The van der Waals surface area contributed by atoms with Gasteiger partial charge >= 0.3 is 0 Å². The molecule has 0 fully saturated rings. The maximum absolute atomic E-state index is 13.3. The Morgan fingerprint density at radius 3 is 2.55 bits per heavy atom. The maximum atomic E-state index is 13.3. The number of nitrogens with zero attached hydrogens (tertiary/aromatic N) is 4. The van der Waals surface area contributed by atoms with Crippen molar-refractivity contribution in [2.75, 3.05) is 11.9 Å². The van der Waals surface area contributed by atoms with Crippen LogP contribution >= 0.6 is 0 Å². The van der Waals surface area contributed by atoms with E-state index in [1.165, 1.54) is 16.3 Å². The fraction of sp³-hybridized carbons (Fsp3) is 0.208. The van der Waals surface area contributed by atoms with E-state index < -0.39 is 0 Å². The van der Waals surface area contributed by atoms with Gasteiger partial charge in [0.2, 0.25) is 5.91 Å². The smallest absolute Gasteiger partial charge is 0.250 e. The summed E-state index contributed by atoms with van der Waals surface area (Å²) in [7, 11) is 1.86. The Morgan fingerprint density at radius 1 is 0.966 bits per heavy atom. The number of aryl methyl sites for hydroxylation is 1. The second kappa shape index (κ2) is 6.85. The predicted molar refractivity (Wildman–Crippen MR) is 114 cm³/mol. The van der Waals surface area contributed by atoms with Crippen molar-refractivity contribution in [1.82, 2.24) is 14.8 Å². The minimum absolute atomic E-state index is 0.0741. The van der Waals surface area contributed by atoms with E-state index in [2.05, 4.69) is 52.7 Å². The van der Waals surface area contributed by atoms with Crippen LogP contribution in [0.1, 0.15) is 28.8 Å². The van der Waals surface area contributed by atoms with E-state index in [0.29, 0.717) is 12.8 Å². The van der Waals surface area contributed by atoms with E-state index >= 15 is 0 Å². The largest absolute Gasteiger partial charge is 0.313 e. The molecule has 1 unspecified atom stereocenters. The fourth-order valence-corrected chi connectivity index (χ4v) is 4.40. The summed E-state index contributed by atoms with van der Waals surface area (Å²) in [6.45, 7) is 1.92. The highest BCUT2D eigenvalue weighted by Gasteiger charge is 2.35. The maximum Gasteiger partial charge on any atom is 0.250 e. The van der Waals surface area contributed by atoms with Crippen molar-refractivity contribution in [3.8, 4) is 0 Å². The van der Waals surface area contributed by atoms with Crippen LogP contribution in [0.3, 0.4) is 0 Å². The van der Waals surface area contributed by atoms with Crippen LogP contribution < -0.4 is 4.90 Å². The minimum atomic E-state index is -0.341. The number of aromatic nitrogens is 3. The molecular formula is C24H22N4O.